The Morgan fingerprint density at radius 3 is 2.93 bits per heavy atom. The van der Waals surface area contributed by atoms with Crippen LogP contribution >= 0.6 is 0 Å². The van der Waals surface area contributed by atoms with Gasteiger partial charge in [0.05, 0.1) is 0 Å². The summed E-state index contributed by atoms with van der Waals surface area (Å²) in [5.41, 5.74) is 7.65. The molecule has 14 heavy (non-hydrogen) atoms. The molecule has 0 aromatic carbocycles. The SMILES string of the molecule is CC1(CC(=O)C=[N+]=[N-])CCCCC1=O. The van der Waals surface area contributed by atoms with Crippen LogP contribution in [0.1, 0.15) is 39.0 Å². The van der Waals surface area contributed by atoms with Crippen molar-refractivity contribution < 1.29 is 14.4 Å². The minimum atomic E-state index is -0.531. The molecule has 0 heterocycles. The smallest absolute Gasteiger partial charge is 0.323 e. The summed E-state index contributed by atoms with van der Waals surface area (Å²) in [5.74, 6) is -0.131. The number of nitrogens with zero attached hydrogens (tertiary/aromatic N) is 2. The van der Waals surface area contributed by atoms with E-state index in [-0.39, 0.29) is 18.0 Å². The lowest BCUT2D eigenvalue weighted by molar-refractivity contribution is -0.134. The molecule has 76 valence electrons. The molecule has 0 aromatic rings. The van der Waals surface area contributed by atoms with Crippen molar-refractivity contribution in [1.29, 1.82) is 0 Å². The Labute approximate surface area is 82.9 Å². The Bertz CT molecular complexity index is 305. The van der Waals surface area contributed by atoms with Crippen molar-refractivity contribution in [2.45, 2.75) is 39.0 Å². The van der Waals surface area contributed by atoms with E-state index in [4.69, 9.17) is 5.53 Å². The maximum atomic E-state index is 11.6. The predicted octanol–water partition coefficient (Wildman–Crippen LogP) is 1.40. The van der Waals surface area contributed by atoms with Crippen LogP contribution < -0.4 is 0 Å². The van der Waals surface area contributed by atoms with Crippen LogP contribution in [0, 0.1) is 5.41 Å². The second-order valence-corrected chi connectivity index (χ2v) is 4.08. The molecular weight excluding hydrogens is 180 g/mol. The number of hydrogen-bond acceptors (Lipinski definition) is 2. The normalized spacial score (nSPS) is 26.8. The maximum absolute atomic E-state index is 11.6. The van der Waals surface area contributed by atoms with Crippen molar-refractivity contribution >= 4 is 17.8 Å². The van der Waals surface area contributed by atoms with Gasteiger partial charge in [-0.2, -0.15) is 4.79 Å². The second kappa shape index (κ2) is 4.29. The van der Waals surface area contributed by atoms with Crippen molar-refractivity contribution in [1.82, 2.24) is 0 Å². The van der Waals surface area contributed by atoms with Crippen LogP contribution in [0.25, 0.3) is 5.53 Å². The van der Waals surface area contributed by atoms with Gasteiger partial charge in [0.15, 0.2) is 0 Å². The maximum Gasteiger partial charge on any atom is 0.323 e. The van der Waals surface area contributed by atoms with Crippen LogP contribution in [-0.2, 0) is 9.59 Å². The molecule has 0 bridgehead atoms. The van der Waals surface area contributed by atoms with Crippen LogP contribution in [0.4, 0.5) is 0 Å². The molecule has 1 aliphatic rings. The molecular formula is C10H14N2O2. The van der Waals surface area contributed by atoms with Crippen LogP contribution in [0.3, 0.4) is 0 Å². The fourth-order valence-corrected chi connectivity index (χ4v) is 1.92. The third-order valence-electron chi connectivity index (χ3n) is 2.82. The highest BCUT2D eigenvalue weighted by molar-refractivity contribution is 6.26. The van der Waals surface area contributed by atoms with E-state index in [1.165, 1.54) is 0 Å². The van der Waals surface area contributed by atoms with Gasteiger partial charge in [-0.3, -0.25) is 9.59 Å². The molecule has 0 aromatic heterocycles. The highest BCUT2D eigenvalue weighted by Gasteiger charge is 2.37. The van der Waals surface area contributed by atoms with Crippen molar-refractivity contribution in [3.63, 3.8) is 0 Å². The van der Waals surface area contributed by atoms with Crippen LogP contribution in [0.2, 0.25) is 0 Å². The van der Waals surface area contributed by atoms with Crippen LogP contribution in [-0.4, -0.2) is 22.6 Å². The summed E-state index contributed by atoms with van der Waals surface area (Å²) in [6, 6.07) is 0. The zero-order valence-corrected chi connectivity index (χ0v) is 8.32. The lowest BCUT2D eigenvalue weighted by atomic mass is 9.71. The van der Waals surface area contributed by atoms with E-state index in [1.807, 2.05) is 6.92 Å². The predicted molar refractivity (Wildman–Crippen MR) is 50.9 cm³/mol. The Morgan fingerprint density at radius 2 is 2.36 bits per heavy atom. The van der Waals surface area contributed by atoms with Gasteiger partial charge in [0.2, 0.25) is 5.78 Å². The van der Waals surface area contributed by atoms with Gasteiger partial charge in [-0.15, -0.1) is 0 Å². The highest BCUT2D eigenvalue weighted by Crippen LogP contribution is 2.35. The summed E-state index contributed by atoms with van der Waals surface area (Å²) < 4.78 is 0. The Morgan fingerprint density at radius 1 is 1.64 bits per heavy atom. The number of Topliss-reactive ketones (excluding diaryl/α,β-unsaturated/α-hetero) is 2. The molecule has 0 saturated heterocycles. The standard InChI is InChI=1S/C10H14N2O2/c1-10(6-8(13)7-12-11)5-3-2-4-9(10)14/h7H,2-6H2,1H3. The minimum absolute atomic E-state index is 0.156. The number of ketones is 2. The van der Waals surface area contributed by atoms with Gasteiger partial charge < -0.3 is 5.53 Å². The number of carbonyl (C=O) groups is 2. The molecule has 0 N–H and O–H groups in total. The van der Waals surface area contributed by atoms with Gasteiger partial charge >= 0.3 is 6.21 Å². The first-order valence-corrected chi connectivity index (χ1v) is 4.82. The topological polar surface area (TPSA) is 70.5 Å². The molecule has 4 nitrogen and oxygen atoms in total. The summed E-state index contributed by atoms with van der Waals surface area (Å²) in [6.45, 7) is 1.82. The lowest BCUT2D eigenvalue weighted by Gasteiger charge is -2.30. The minimum Gasteiger partial charge on any atom is -0.361 e. The first kappa shape index (κ1) is 10.8. The molecule has 4 heteroatoms. The molecule has 0 radical (unpaired) electrons. The summed E-state index contributed by atoms with van der Waals surface area (Å²) in [7, 11) is 0. The van der Waals surface area contributed by atoms with Gasteiger partial charge in [-0.1, -0.05) is 13.3 Å². The second-order valence-electron chi connectivity index (χ2n) is 4.08. The molecule has 0 spiro atoms. The third kappa shape index (κ3) is 2.36. The van der Waals surface area contributed by atoms with Gasteiger partial charge in [0.1, 0.15) is 5.78 Å². The summed E-state index contributed by atoms with van der Waals surface area (Å²) in [4.78, 5) is 25.5. The molecule has 1 unspecified atom stereocenters. The number of carbonyl (C=O) groups excluding carboxylic acids is 2. The van der Waals surface area contributed by atoms with E-state index >= 15 is 0 Å². The summed E-state index contributed by atoms with van der Waals surface area (Å²) in [5, 5.41) is 0. The molecule has 1 rings (SSSR count). The van der Waals surface area contributed by atoms with Gasteiger partial charge in [0, 0.05) is 18.3 Å². The first-order chi connectivity index (χ1) is 6.58. The van der Waals surface area contributed by atoms with E-state index in [1.54, 1.807) is 0 Å². The van der Waals surface area contributed by atoms with Crippen LogP contribution in [0.5, 0.6) is 0 Å². The quantitative estimate of drug-likeness (QED) is 0.387. The number of rotatable bonds is 3. The van der Waals surface area contributed by atoms with E-state index in [9.17, 15) is 9.59 Å². The molecule has 1 saturated carbocycles. The lowest BCUT2D eigenvalue weighted by Crippen LogP contribution is -2.33. The zero-order chi connectivity index (χ0) is 10.6. The fourth-order valence-electron chi connectivity index (χ4n) is 1.92. The highest BCUT2D eigenvalue weighted by atomic mass is 16.1. The van der Waals surface area contributed by atoms with Gasteiger partial charge in [-0.05, 0) is 12.8 Å². The van der Waals surface area contributed by atoms with Crippen molar-refractivity contribution in [3.8, 4) is 0 Å². The molecule has 1 aliphatic carbocycles. The Kier molecular flexibility index (Phi) is 3.31. The Balaban J connectivity index is 2.68. The average Bonchev–Trinajstić information content (AvgIpc) is 2.10. The molecule has 0 aliphatic heterocycles. The van der Waals surface area contributed by atoms with E-state index in [0.29, 0.717) is 6.42 Å². The molecule has 1 atom stereocenters. The van der Waals surface area contributed by atoms with Gasteiger partial charge in [-0.25, -0.2) is 0 Å². The summed E-state index contributed by atoms with van der Waals surface area (Å²) >= 11 is 0. The van der Waals surface area contributed by atoms with E-state index in [2.05, 4.69) is 4.79 Å². The van der Waals surface area contributed by atoms with Gasteiger partial charge in [0.25, 0.3) is 0 Å². The largest absolute Gasteiger partial charge is 0.361 e. The van der Waals surface area contributed by atoms with Crippen LogP contribution in [0.15, 0.2) is 0 Å². The molecule has 1 fully saturated rings. The summed E-state index contributed by atoms with van der Waals surface area (Å²) in [6.07, 6.45) is 4.28. The van der Waals surface area contributed by atoms with Crippen molar-refractivity contribution in [2.75, 3.05) is 0 Å². The third-order valence-corrected chi connectivity index (χ3v) is 2.82. The van der Waals surface area contributed by atoms with Crippen molar-refractivity contribution in [2.24, 2.45) is 5.41 Å². The average molecular weight is 194 g/mol. The van der Waals surface area contributed by atoms with E-state index < -0.39 is 5.41 Å². The zero-order valence-electron chi connectivity index (χ0n) is 8.32. The molecule has 0 amide bonds. The van der Waals surface area contributed by atoms with Crippen molar-refractivity contribution in [3.05, 3.63) is 5.53 Å². The Hall–Kier alpha value is -1.28. The number of hydrogen-bond donors (Lipinski definition) is 0. The monoisotopic (exact) mass is 194 g/mol. The van der Waals surface area contributed by atoms with E-state index in [0.717, 1.165) is 25.5 Å². The first-order valence-electron chi connectivity index (χ1n) is 4.82. The fraction of sp³-hybridized carbons (Fsp3) is 0.700.